The molecule has 1 amide bonds. The number of amides is 1. The smallest absolute Gasteiger partial charge is 0.274 e. The number of carbonyl (C=O) groups excluding carboxylic acids is 1. The normalized spacial score (nSPS) is 10.7. The number of nitrogens with zero attached hydrogens (tertiary/aromatic N) is 3. The van der Waals surface area contributed by atoms with E-state index in [9.17, 15) is 14.3 Å². The van der Waals surface area contributed by atoms with Gasteiger partial charge < -0.3 is 10.4 Å². The zero-order chi connectivity index (χ0) is 16.4. The van der Waals surface area contributed by atoms with Crippen molar-refractivity contribution in [3.8, 4) is 5.75 Å². The van der Waals surface area contributed by atoms with Gasteiger partial charge in [-0.25, -0.2) is 9.37 Å². The number of pyridine rings is 1. The summed E-state index contributed by atoms with van der Waals surface area (Å²) in [6.45, 7) is 0.151. The van der Waals surface area contributed by atoms with Gasteiger partial charge in [0.15, 0.2) is 11.4 Å². The third-order valence-electron chi connectivity index (χ3n) is 3.20. The monoisotopic (exact) mass is 308 g/mol. The molecule has 0 spiro atoms. The number of nitrogens with one attached hydrogen (secondary N) is 1. The number of carbonyl (C=O) groups is 1. The van der Waals surface area contributed by atoms with E-state index in [4.69, 9.17) is 7.85 Å². The van der Waals surface area contributed by atoms with Crippen LogP contribution in [0.25, 0.3) is 11.0 Å². The molecule has 0 fully saturated rings. The Morgan fingerprint density at radius 1 is 1.17 bits per heavy atom. The summed E-state index contributed by atoms with van der Waals surface area (Å²) in [5.74, 6) is -1.37. The molecule has 23 heavy (non-hydrogen) atoms. The molecule has 2 aromatic heterocycles. The van der Waals surface area contributed by atoms with E-state index < -0.39 is 5.91 Å². The lowest BCUT2D eigenvalue weighted by Crippen LogP contribution is -2.27. The third kappa shape index (κ3) is 2.96. The van der Waals surface area contributed by atoms with Crippen LogP contribution >= 0.6 is 0 Å². The zero-order valence-electron chi connectivity index (χ0n) is 11.8. The molecule has 0 atom stereocenters. The largest absolute Gasteiger partial charge is 0.504 e. The molecule has 6 nitrogen and oxygen atoms in total. The highest BCUT2D eigenvalue weighted by Crippen LogP contribution is 2.22. The van der Waals surface area contributed by atoms with Crippen molar-refractivity contribution in [3.63, 3.8) is 0 Å². The fourth-order valence-electron chi connectivity index (χ4n) is 2.06. The molecule has 0 bridgehead atoms. The summed E-state index contributed by atoms with van der Waals surface area (Å²) in [5, 5.41) is 12.7. The van der Waals surface area contributed by atoms with Crippen LogP contribution in [0.5, 0.6) is 5.75 Å². The lowest BCUT2D eigenvalue weighted by molar-refractivity contribution is 0.0943. The maximum Gasteiger partial charge on any atom is 0.274 e. The van der Waals surface area contributed by atoms with Crippen molar-refractivity contribution in [2.24, 2.45) is 0 Å². The molecule has 0 aliphatic heterocycles. The molecule has 0 saturated carbocycles. The summed E-state index contributed by atoms with van der Waals surface area (Å²) in [7, 11) is 5.74. The second-order valence-electron chi connectivity index (χ2n) is 4.76. The second-order valence-corrected chi connectivity index (χ2v) is 4.76. The first-order valence-corrected chi connectivity index (χ1v) is 6.68. The van der Waals surface area contributed by atoms with Gasteiger partial charge in [0, 0.05) is 24.5 Å². The molecular weight excluding hydrogens is 298 g/mol. The fourth-order valence-corrected chi connectivity index (χ4v) is 2.06. The number of rotatable bonds is 3. The van der Waals surface area contributed by atoms with Gasteiger partial charge in [-0.15, -0.1) is 0 Å². The minimum atomic E-state index is -0.619. The maximum absolute atomic E-state index is 12.8. The van der Waals surface area contributed by atoms with Crippen molar-refractivity contribution in [2.45, 2.75) is 6.54 Å². The molecule has 3 aromatic rings. The van der Waals surface area contributed by atoms with Gasteiger partial charge in [-0.2, -0.15) is 0 Å². The molecule has 2 radical (unpaired) electrons. The second kappa shape index (κ2) is 6.00. The van der Waals surface area contributed by atoms with Gasteiger partial charge in [0.2, 0.25) is 0 Å². The first-order valence-electron chi connectivity index (χ1n) is 6.68. The highest BCUT2D eigenvalue weighted by Gasteiger charge is 2.18. The highest BCUT2D eigenvalue weighted by molar-refractivity contribution is 6.36. The fraction of sp³-hybridized carbons (Fsp3) is 0.0667. The summed E-state index contributed by atoms with van der Waals surface area (Å²) in [6.07, 6.45) is 2.79. The standard InChI is InChI=1S/C15H10BFN4O2/c16-14-11-10(18-5-6-19-11)13(22)12(21-14)15(23)20-7-8-1-3-9(17)4-2-8/h1-6,22H,7H2,(H,20,23). The predicted molar refractivity (Wildman–Crippen MR) is 82.0 cm³/mol. The van der Waals surface area contributed by atoms with Gasteiger partial charge in [0.05, 0.1) is 0 Å². The van der Waals surface area contributed by atoms with Crippen LogP contribution in [-0.2, 0) is 6.54 Å². The Labute approximate surface area is 131 Å². The average Bonchev–Trinajstić information content (AvgIpc) is 2.57. The lowest BCUT2D eigenvalue weighted by atomic mass is 10.0. The first-order chi connectivity index (χ1) is 11.1. The number of hydrogen-bond acceptors (Lipinski definition) is 5. The Bertz CT molecular complexity index is 887. The van der Waals surface area contributed by atoms with E-state index >= 15 is 0 Å². The predicted octanol–water partition coefficient (Wildman–Crippen LogP) is 0.593. The van der Waals surface area contributed by atoms with Crippen LogP contribution in [0.3, 0.4) is 0 Å². The van der Waals surface area contributed by atoms with E-state index in [1.165, 1.54) is 24.5 Å². The van der Waals surface area contributed by atoms with E-state index in [0.717, 1.165) is 0 Å². The Balaban J connectivity index is 1.86. The van der Waals surface area contributed by atoms with E-state index in [-0.39, 0.29) is 40.4 Å². The molecule has 112 valence electrons. The average molecular weight is 308 g/mol. The molecule has 0 unspecified atom stereocenters. The molecule has 3 rings (SSSR count). The summed E-state index contributed by atoms with van der Waals surface area (Å²) < 4.78 is 12.8. The van der Waals surface area contributed by atoms with Crippen molar-refractivity contribution in [3.05, 3.63) is 53.7 Å². The first kappa shape index (κ1) is 14.9. The van der Waals surface area contributed by atoms with Crippen LogP contribution in [0.15, 0.2) is 36.7 Å². The van der Waals surface area contributed by atoms with E-state index in [0.29, 0.717) is 5.56 Å². The van der Waals surface area contributed by atoms with Gasteiger partial charge >= 0.3 is 0 Å². The van der Waals surface area contributed by atoms with E-state index in [1.807, 2.05) is 0 Å². The minimum absolute atomic E-state index is 0.00201. The third-order valence-corrected chi connectivity index (χ3v) is 3.20. The molecular formula is C15H10BFN4O2. The Morgan fingerprint density at radius 2 is 1.83 bits per heavy atom. The molecule has 0 saturated heterocycles. The lowest BCUT2D eigenvalue weighted by Gasteiger charge is -2.09. The van der Waals surface area contributed by atoms with Crippen molar-refractivity contribution in [1.29, 1.82) is 0 Å². The van der Waals surface area contributed by atoms with E-state index in [2.05, 4.69) is 20.3 Å². The molecule has 8 heteroatoms. The van der Waals surface area contributed by atoms with Crippen molar-refractivity contribution in [1.82, 2.24) is 20.3 Å². The summed E-state index contributed by atoms with van der Waals surface area (Å²) >= 11 is 0. The van der Waals surface area contributed by atoms with Crippen molar-refractivity contribution in [2.75, 3.05) is 0 Å². The Hall–Kier alpha value is -3.03. The number of aromatic nitrogens is 3. The van der Waals surface area contributed by atoms with Gasteiger partial charge in [-0.05, 0) is 17.7 Å². The number of hydrogen-bond donors (Lipinski definition) is 2. The van der Waals surface area contributed by atoms with Crippen LogP contribution in [0.2, 0.25) is 0 Å². The summed E-state index contributed by atoms with van der Waals surface area (Å²) in [5.41, 5.74) is 0.787. The van der Waals surface area contributed by atoms with Crippen LogP contribution in [0.4, 0.5) is 4.39 Å². The van der Waals surface area contributed by atoms with Gasteiger partial charge in [0.25, 0.3) is 5.91 Å². The van der Waals surface area contributed by atoms with E-state index in [1.54, 1.807) is 12.1 Å². The molecule has 0 aliphatic rings. The highest BCUT2D eigenvalue weighted by atomic mass is 19.1. The Kier molecular flexibility index (Phi) is 3.88. The minimum Gasteiger partial charge on any atom is -0.504 e. The topological polar surface area (TPSA) is 88.0 Å². The molecule has 2 N–H and O–H groups in total. The molecule has 1 aromatic carbocycles. The number of aromatic hydroxyl groups is 1. The molecule has 0 aliphatic carbocycles. The summed E-state index contributed by atoms with van der Waals surface area (Å²) in [6, 6.07) is 5.67. The Morgan fingerprint density at radius 3 is 2.52 bits per heavy atom. The van der Waals surface area contributed by atoms with Gasteiger partial charge in [-0.3, -0.25) is 14.8 Å². The van der Waals surface area contributed by atoms with Crippen LogP contribution in [0.1, 0.15) is 16.1 Å². The van der Waals surface area contributed by atoms with Crippen LogP contribution < -0.4 is 10.9 Å². The van der Waals surface area contributed by atoms with Crippen LogP contribution in [-0.4, -0.2) is 33.8 Å². The SMILES string of the molecule is [B]c1nc(C(=O)NCc2ccc(F)cc2)c(O)c2nccnc12. The van der Waals surface area contributed by atoms with Crippen LogP contribution in [0, 0.1) is 5.82 Å². The maximum atomic E-state index is 12.8. The number of halogens is 1. The number of benzene rings is 1. The molecule has 2 heterocycles. The van der Waals surface area contributed by atoms with Gasteiger partial charge in [-0.1, -0.05) is 12.1 Å². The number of fused-ring (bicyclic) bond motifs is 1. The zero-order valence-corrected chi connectivity index (χ0v) is 11.8. The quantitative estimate of drug-likeness (QED) is 0.692. The summed E-state index contributed by atoms with van der Waals surface area (Å²) in [4.78, 5) is 24.0. The van der Waals surface area contributed by atoms with Crippen molar-refractivity contribution < 1.29 is 14.3 Å². The van der Waals surface area contributed by atoms with Gasteiger partial charge in [0.1, 0.15) is 24.7 Å². The van der Waals surface area contributed by atoms with Crippen molar-refractivity contribution >= 4 is 30.4 Å².